The number of benzene rings is 1. The Kier molecular flexibility index (Phi) is 3.25. The molecule has 16 heavy (non-hydrogen) atoms. The molecule has 0 amide bonds. The number of aromatic nitrogens is 2. The van der Waals surface area contributed by atoms with Gasteiger partial charge in [0.2, 0.25) is 0 Å². The molecule has 3 heteroatoms. The fraction of sp³-hybridized carbons (Fsp3) is 0.308. The maximum atomic E-state index is 3.92. The monoisotopic (exact) mass is 214 g/mol. The highest BCUT2D eigenvalue weighted by Crippen LogP contribution is 2.16. The molecule has 0 aliphatic rings. The van der Waals surface area contributed by atoms with E-state index in [1.807, 2.05) is 10.8 Å². The van der Waals surface area contributed by atoms with Crippen molar-refractivity contribution in [3.8, 4) is 5.69 Å². The first-order chi connectivity index (χ1) is 7.85. The summed E-state index contributed by atoms with van der Waals surface area (Å²) in [5.41, 5.74) is 2.35. The first-order valence-electron chi connectivity index (χ1n) is 5.61. The summed E-state index contributed by atoms with van der Waals surface area (Å²) in [6.45, 7) is 6.40. The highest BCUT2D eigenvalue weighted by molar-refractivity contribution is 5.50. The number of anilines is 1. The van der Waals surface area contributed by atoms with E-state index in [4.69, 9.17) is 0 Å². The van der Waals surface area contributed by atoms with E-state index < -0.39 is 0 Å². The zero-order chi connectivity index (χ0) is 11.4. The van der Waals surface area contributed by atoms with Crippen molar-refractivity contribution in [2.75, 3.05) is 18.0 Å². The van der Waals surface area contributed by atoms with Gasteiger partial charge in [0, 0.05) is 36.9 Å². The largest absolute Gasteiger partial charge is 0.372 e. The molecule has 2 rings (SSSR count). The lowest BCUT2D eigenvalue weighted by atomic mass is 10.2. The van der Waals surface area contributed by atoms with Gasteiger partial charge >= 0.3 is 0 Å². The minimum atomic E-state index is 1.03. The Balaban J connectivity index is 2.22. The van der Waals surface area contributed by atoms with Crippen molar-refractivity contribution in [1.29, 1.82) is 0 Å². The summed E-state index contributed by atoms with van der Waals surface area (Å²) in [6, 6.07) is 8.45. The topological polar surface area (TPSA) is 21.1 Å². The minimum Gasteiger partial charge on any atom is -0.372 e. The number of hydrogen-bond donors (Lipinski definition) is 0. The van der Waals surface area contributed by atoms with Gasteiger partial charge in [-0.3, -0.25) is 4.57 Å². The Morgan fingerprint density at radius 1 is 1.19 bits per heavy atom. The first kappa shape index (κ1) is 10.7. The van der Waals surface area contributed by atoms with Crippen molar-refractivity contribution in [1.82, 2.24) is 9.55 Å². The van der Waals surface area contributed by atoms with Crippen LogP contribution in [0.1, 0.15) is 13.8 Å². The molecule has 0 atom stereocenters. The maximum Gasteiger partial charge on any atom is 0.181 e. The van der Waals surface area contributed by atoms with Crippen LogP contribution in [0.4, 0.5) is 5.69 Å². The van der Waals surface area contributed by atoms with Crippen LogP contribution < -0.4 is 4.90 Å². The van der Waals surface area contributed by atoms with Crippen molar-refractivity contribution in [3.63, 3.8) is 0 Å². The van der Waals surface area contributed by atoms with Gasteiger partial charge in [0.25, 0.3) is 0 Å². The first-order valence-corrected chi connectivity index (χ1v) is 5.61. The Bertz CT molecular complexity index is 413. The maximum absolute atomic E-state index is 3.92. The van der Waals surface area contributed by atoms with Gasteiger partial charge in [0.1, 0.15) is 0 Å². The van der Waals surface area contributed by atoms with Crippen LogP contribution in [0.3, 0.4) is 0 Å². The fourth-order valence-electron chi connectivity index (χ4n) is 1.79. The predicted molar refractivity (Wildman–Crippen MR) is 66.0 cm³/mol. The second-order valence-corrected chi connectivity index (χ2v) is 3.59. The van der Waals surface area contributed by atoms with Gasteiger partial charge in [-0.2, -0.15) is 0 Å². The molecular weight excluding hydrogens is 198 g/mol. The summed E-state index contributed by atoms with van der Waals surface area (Å²) in [6.07, 6.45) is 6.51. The quantitative estimate of drug-likeness (QED) is 0.779. The summed E-state index contributed by atoms with van der Waals surface area (Å²) >= 11 is 0. The number of imidazole rings is 1. The van der Waals surface area contributed by atoms with Gasteiger partial charge in [-0.25, -0.2) is 4.98 Å². The van der Waals surface area contributed by atoms with Crippen LogP contribution >= 0.6 is 0 Å². The lowest BCUT2D eigenvalue weighted by molar-refractivity contribution is 0.865. The summed E-state index contributed by atoms with van der Waals surface area (Å²) in [5.74, 6) is 0. The van der Waals surface area contributed by atoms with Crippen LogP contribution in [-0.2, 0) is 0 Å². The third kappa shape index (κ3) is 2.08. The molecule has 1 aromatic heterocycles. The second kappa shape index (κ2) is 4.84. The van der Waals surface area contributed by atoms with Gasteiger partial charge in [-0.15, -0.1) is 0 Å². The van der Waals surface area contributed by atoms with E-state index in [-0.39, 0.29) is 0 Å². The van der Waals surface area contributed by atoms with Crippen molar-refractivity contribution < 1.29 is 0 Å². The molecule has 1 heterocycles. The van der Waals surface area contributed by atoms with Gasteiger partial charge < -0.3 is 4.90 Å². The van der Waals surface area contributed by atoms with Crippen molar-refractivity contribution in [3.05, 3.63) is 43.0 Å². The molecule has 0 aliphatic carbocycles. The Morgan fingerprint density at radius 2 is 1.88 bits per heavy atom. The summed E-state index contributed by atoms with van der Waals surface area (Å²) in [7, 11) is 0. The van der Waals surface area contributed by atoms with Crippen LogP contribution in [0, 0.1) is 6.33 Å². The average Bonchev–Trinajstić information content (AvgIpc) is 2.85. The van der Waals surface area contributed by atoms with Gasteiger partial charge in [-0.1, -0.05) is 0 Å². The van der Waals surface area contributed by atoms with Crippen LogP contribution in [0.2, 0.25) is 0 Å². The second-order valence-electron chi connectivity index (χ2n) is 3.59. The predicted octanol–water partition coefficient (Wildman–Crippen LogP) is 2.52. The van der Waals surface area contributed by atoms with Gasteiger partial charge in [0.15, 0.2) is 6.33 Å². The van der Waals surface area contributed by atoms with E-state index in [2.05, 4.69) is 54.3 Å². The molecule has 83 valence electrons. The van der Waals surface area contributed by atoms with E-state index in [0.717, 1.165) is 18.8 Å². The van der Waals surface area contributed by atoms with Crippen LogP contribution in [0.15, 0.2) is 36.7 Å². The summed E-state index contributed by atoms with van der Waals surface area (Å²) in [5, 5.41) is 0. The minimum absolute atomic E-state index is 1.03. The molecule has 3 nitrogen and oxygen atoms in total. The molecule has 0 N–H and O–H groups in total. The molecular formula is C13H16N3. The van der Waals surface area contributed by atoms with Crippen LogP contribution in [0.25, 0.3) is 5.69 Å². The molecule has 0 spiro atoms. The fourth-order valence-corrected chi connectivity index (χ4v) is 1.79. The number of hydrogen-bond acceptors (Lipinski definition) is 2. The smallest absolute Gasteiger partial charge is 0.181 e. The summed E-state index contributed by atoms with van der Waals surface area (Å²) in [4.78, 5) is 6.24. The zero-order valence-electron chi connectivity index (χ0n) is 9.72. The van der Waals surface area contributed by atoms with E-state index in [9.17, 15) is 0 Å². The van der Waals surface area contributed by atoms with Crippen molar-refractivity contribution in [2.24, 2.45) is 0 Å². The Hall–Kier alpha value is -1.77. The molecule has 1 radical (unpaired) electrons. The molecule has 0 unspecified atom stereocenters. The van der Waals surface area contributed by atoms with E-state index in [1.54, 1.807) is 6.20 Å². The normalized spacial score (nSPS) is 10.4. The standard InChI is InChI=1S/C13H16N3/c1-3-15(4-2)12-5-7-13(8-6-12)16-10-9-14-11-16/h5-10H,3-4H2,1-2H3. The number of rotatable bonds is 4. The Morgan fingerprint density at radius 3 is 2.38 bits per heavy atom. The third-order valence-electron chi connectivity index (χ3n) is 2.71. The molecule has 1 aromatic carbocycles. The third-order valence-corrected chi connectivity index (χ3v) is 2.71. The SMILES string of the molecule is CCN(CC)c1ccc(-n2[c]ncc2)cc1. The van der Waals surface area contributed by atoms with Gasteiger partial charge in [0.05, 0.1) is 0 Å². The number of nitrogens with zero attached hydrogens (tertiary/aromatic N) is 3. The molecule has 0 saturated heterocycles. The van der Waals surface area contributed by atoms with Crippen LogP contribution in [0.5, 0.6) is 0 Å². The van der Waals surface area contributed by atoms with Crippen LogP contribution in [-0.4, -0.2) is 22.6 Å². The average molecular weight is 214 g/mol. The van der Waals surface area contributed by atoms with Crippen molar-refractivity contribution in [2.45, 2.75) is 13.8 Å². The molecule has 0 fully saturated rings. The zero-order valence-corrected chi connectivity index (χ0v) is 9.72. The lowest BCUT2D eigenvalue weighted by Gasteiger charge is -2.21. The van der Waals surface area contributed by atoms with E-state index in [1.165, 1.54) is 5.69 Å². The highest BCUT2D eigenvalue weighted by Gasteiger charge is 2.01. The molecule has 0 aliphatic heterocycles. The molecule has 2 aromatic rings. The summed E-state index contributed by atoms with van der Waals surface area (Å²) < 4.78 is 1.88. The Labute approximate surface area is 96.3 Å². The molecule has 0 saturated carbocycles. The lowest BCUT2D eigenvalue weighted by Crippen LogP contribution is -2.21. The van der Waals surface area contributed by atoms with E-state index >= 15 is 0 Å². The highest BCUT2D eigenvalue weighted by atomic mass is 15.1. The van der Waals surface area contributed by atoms with E-state index in [0.29, 0.717) is 0 Å². The molecule has 0 bridgehead atoms. The van der Waals surface area contributed by atoms with Crippen molar-refractivity contribution >= 4 is 5.69 Å². The van der Waals surface area contributed by atoms with Gasteiger partial charge in [-0.05, 0) is 38.1 Å².